The first-order valence-corrected chi connectivity index (χ1v) is 7.60. The first-order chi connectivity index (χ1) is 7.92. The summed E-state index contributed by atoms with van der Waals surface area (Å²) in [6, 6.07) is 7.43. The van der Waals surface area contributed by atoms with E-state index in [9.17, 15) is 8.42 Å². The minimum atomic E-state index is -3.11. The normalized spacial score (nSPS) is 12.0. The van der Waals surface area contributed by atoms with E-state index in [4.69, 9.17) is 0 Å². The van der Waals surface area contributed by atoms with Crippen LogP contribution >= 0.6 is 0 Å². The zero-order valence-corrected chi connectivity index (χ0v) is 11.5. The van der Waals surface area contributed by atoms with E-state index in [1.165, 1.54) is 0 Å². The van der Waals surface area contributed by atoms with Gasteiger partial charge in [-0.15, -0.1) is 0 Å². The maximum atomic E-state index is 12.0. The molecule has 1 aromatic carbocycles. The first-order valence-electron chi connectivity index (χ1n) is 5.94. The van der Waals surface area contributed by atoms with Crippen LogP contribution in [-0.4, -0.2) is 26.8 Å². The van der Waals surface area contributed by atoms with Crippen LogP contribution in [-0.2, 0) is 9.84 Å². The smallest absolute Gasteiger partial charge is 0.178 e. The van der Waals surface area contributed by atoms with Crippen molar-refractivity contribution in [3.63, 3.8) is 0 Å². The highest BCUT2D eigenvalue weighted by atomic mass is 32.2. The van der Waals surface area contributed by atoms with Crippen molar-refractivity contribution in [1.29, 1.82) is 0 Å². The third kappa shape index (κ3) is 4.88. The zero-order valence-electron chi connectivity index (χ0n) is 10.7. The molecule has 0 spiro atoms. The van der Waals surface area contributed by atoms with E-state index >= 15 is 0 Å². The summed E-state index contributed by atoms with van der Waals surface area (Å²) in [4.78, 5) is 0.424. The van der Waals surface area contributed by atoms with Crippen LogP contribution in [0.5, 0.6) is 0 Å². The minimum Gasteiger partial charge on any atom is -0.314 e. The Kier molecular flexibility index (Phi) is 5.15. The van der Waals surface area contributed by atoms with Crippen LogP contribution in [0.15, 0.2) is 29.2 Å². The van der Waals surface area contributed by atoms with Crippen molar-refractivity contribution in [2.45, 2.75) is 38.1 Å². The molecular formula is C13H21NO2S. The lowest BCUT2D eigenvalue weighted by atomic mass is 10.2. The van der Waals surface area contributed by atoms with Crippen molar-refractivity contribution in [3.8, 4) is 0 Å². The second-order valence-corrected chi connectivity index (χ2v) is 6.70. The van der Waals surface area contributed by atoms with Gasteiger partial charge in [0.2, 0.25) is 0 Å². The van der Waals surface area contributed by atoms with Gasteiger partial charge in [-0.3, -0.25) is 0 Å². The van der Waals surface area contributed by atoms with Gasteiger partial charge in [0.05, 0.1) is 10.6 Å². The summed E-state index contributed by atoms with van der Waals surface area (Å²) in [5.41, 5.74) is 1.07. The summed E-state index contributed by atoms with van der Waals surface area (Å²) in [6.45, 7) is 6.79. The first kappa shape index (κ1) is 14.2. The summed E-state index contributed by atoms with van der Waals surface area (Å²) in [7, 11) is -3.11. The summed E-state index contributed by atoms with van der Waals surface area (Å²) in [5, 5.41) is 3.21. The minimum absolute atomic E-state index is 0.204. The lowest BCUT2D eigenvalue weighted by molar-refractivity contribution is 0.568. The number of hydrogen-bond donors (Lipinski definition) is 1. The van der Waals surface area contributed by atoms with Crippen LogP contribution in [0.1, 0.15) is 25.8 Å². The van der Waals surface area contributed by atoms with Crippen LogP contribution in [0.3, 0.4) is 0 Å². The Bertz CT molecular complexity index is 435. The molecule has 0 aliphatic rings. The highest BCUT2D eigenvalue weighted by molar-refractivity contribution is 7.91. The number of benzene rings is 1. The predicted octanol–water partition coefficient (Wildman–Crippen LogP) is 2.16. The molecule has 0 saturated heterocycles. The van der Waals surface area contributed by atoms with Crippen LogP contribution in [0.4, 0.5) is 0 Å². The highest BCUT2D eigenvalue weighted by Gasteiger charge is 2.13. The second kappa shape index (κ2) is 6.17. The Morgan fingerprint density at radius 1 is 1.18 bits per heavy atom. The van der Waals surface area contributed by atoms with Gasteiger partial charge in [-0.1, -0.05) is 31.5 Å². The van der Waals surface area contributed by atoms with Crippen molar-refractivity contribution < 1.29 is 8.42 Å². The molecule has 0 saturated carbocycles. The van der Waals surface area contributed by atoms with Gasteiger partial charge in [-0.25, -0.2) is 8.42 Å². The molecule has 0 radical (unpaired) electrons. The van der Waals surface area contributed by atoms with Crippen LogP contribution in [0.2, 0.25) is 0 Å². The molecule has 0 aliphatic heterocycles. The number of hydrogen-bond acceptors (Lipinski definition) is 3. The van der Waals surface area contributed by atoms with Gasteiger partial charge < -0.3 is 5.32 Å². The van der Waals surface area contributed by atoms with E-state index in [1.807, 2.05) is 19.1 Å². The summed E-state index contributed by atoms with van der Waals surface area (Å²) in [6.07, 6.45) is 0.647. The molecule has 0 aliphatic carbocycles. The van der Waals surface area contributed by atoms with E-state index in [-0.39, 0.29) is 5.75 Å². The van der Waals surface area contributed by atoms with Crippen molar-refractivity contribution in [2.24, 2.45) is 0 Å². The van der Waals surface area contributed by atoms with E-state index < -0.39 is 9.84 Å². The van der Waals surface area contributed by atoms with E-state index in [0.29, 0.717) is 17.4 Å². The summed E-state index contributed by atoms with van der Waals surface area (Å²) in [5.74, 6) is 0.204. The Hall–Kier alpha value is -0.870. The molecule has 17 heavy (non-hydrogen) atoms. The molecular weight excluding hydrogens is 234 g/mol. The Labute approximate surface area is 104 Å². The molecule has 3 nitrogen and oxygen atoms in total. The molecule has 0 amide bonds. The Balaban J connectivity index is 2.54. The standard InChI is InChI=1S/C13H21NO2S/c1-11(2)14-9-4-10-17(15,16)13-7-5-12(3)6-8-13/h5-8,11,14H,4,9-10H2,1-3H3. The second-order valence-electron chi connectivity index (χ2n) is 4.59. The largest absolute Gasteiger partial charge is 0.314 e. The molecule has 1 aromatic rings. The van der Waals surface area contributed by atoms with Crippen LogP contribution < -0.4 is 5.32 Å². The molecule has 96 valence electrons. The van der Waals surface area contributed by atoms with Gasteiger partial charge in [0.15, 0.2) is 9.84 Å². The Morgan fingerprint density at radius 3 is 2.29 bits per heavy atom. The molecule has 0 atom stereocenters. The lowest BCUT2D eigenvalue weighted by Gasteiger charge is -2.08. The summed E-state index contributed by atoms with van der Waals surface area (Å²) >= 11 is 0. The quantitative estimate of drug-likeness (QED) is 0.792. The Morgan fingerprint density at radius 2 is 1.76 bits per heavy atom. The number of rotatable bonds is 6. The third-order valence-electron chi connectivity index (χ3n) is 2.52. The number of sulfone groups is 1. The molecule has 4 heteroatoms. The summed E-state index contributed by atoms with van der Waals surface area (Å²) < 4.78 is 23.9. The topological polar surface area (TPSA) is 46.2 Å². The van der Waals surface area contributed by atoms with Crippen molar-refractivity contribution in [2.75, 3.05) is 12.3 Å². The molecule has 0 bridgehead atoms. The fourth-order valence-corrected chi connectivity index (χ4v) is 2.83. The lowest BCUT2D eigenvalue weighted by Crippen LogP contribution is -2.25. The number of aryl methyl sites for hydroxylation is 1. The SMILES string of the molecule is Cc1ccc(S(=O)(=O)CCCNC(C)C)cc1. The van der Waals surface area contributed by atoms with Gasteiger partial charge in [0.1, 0.15) is 0 Å². The van der Waals surface area contributed by atoms with E-state index in [1.54, 1.807) is 12.1 Å². The van der Waals surface area contributed by atoms with Crippen molar-refractivity contribution >= 4 is 9.84 Å². The predicted molar refractivity (Wildman–Crippen MR) is 71.0 cm³/mol. The molecule has 1 rings (SSSR count). The monoisotopic (exact) mass is 255 g/mol. The van der Waals surface area contributed by atoms with Crippen molar-refractivity contribution in [1.82, 2.24) is 5.32 Å². The average Bonchev–Trinajstić information content (AvgIpc) is 2.25. The molecule has 0 aromatic heterocycles. The van der Waals surface area contributed by atoms with Gasteiger partial charge in [-0.05, 0) is 32.0 Å². The zero-order chi connectivity index (χ0) is 12.9. The molecule has 0 unspecified atom stereocenters. The fourth-order valence-electron chi connectivity index (χ4n) is 1.52. The van der Waals surface area contributed by atoms with Crippen LogP contribution in [0.25, 0.3) is 0 Å². The number of nitrogens with one attached hydrogen (secondary N) is 1. The molecule has 0 fully saturated rings. The highest BCUT2D eigenvalue weighted by Crippen LogP contribution is 2.12. The molecule has 1 N–H and O–H groups in total. The third-order valence-corrected chi connectivity index (χ3v) is 4.34. The van der Waals surface area contributed by atoms with E-state index in [2.05, 4.69) is 19.2 Å². The van der Waals surface area contributed by atoms with Gasteiger partial charge in [0.25, 0.3) is 0 Å². The maximum absolute atomic E-state index is 12.0. The maximum Gasteiger partial charge on any atom is 0.178 e. The molecule has 0 heterocycles. The average molecular weight is 255 g/mol. The van der Waals surface area contributed by atoms with Gasteiger partial charge in [0, 0.05) is 6.04 Å². The van der Waals surface area contributed by atoms with Crippen LogP contribution in [0, 0.1) is 6.92 Å². The fraction of sp³-hybridized carbons (Fsp3) is 0.538. The van der Waals surface area contributed by atoms with E-state index in [0.717, 1.165) is 12.1 Å². The van der Waals surface area contributed by atoms with Gasteiger partial charge in [-0.2, -0.15) is 0 Å². The van der Waals surface area contributed by atoms with Gasteiger partial charge >= 0.3 is 0 Å². The van der Waals surface area contributed by atoms with Crippen molar-refractivity contribution in [3.05, 3.63) is 29.8 Å².